The number of carbonyl (C=O) groups excluding carboxylic acids is 2. The summed E-state index contributed by atoms with van der Waals surface area (Å²) in [6, 6.07) is 24.0. The Labute approximate surface area is 192 Å². The Balaban J connectivity index is 1.52. The molecule has 0 bridgehead atoms. The molecule has 3 aromatic carbocycles. The van der Waals surface area contributed by atoms with E-state index in [0.717, 1.165) is 23.3 Å². The molecular formula is C28H25F2NO2. The number of hydrogen-bond acceptors (Lipinski definition) is 2. The van der Waals surface area contributed by atoms with Gasteiger partial charge in [-0.25, -0.2) is 8.78 Å². The monoisotopic (exact) mass is 445 g/mol. The van der Waals surface area contributed by atoms with Crippen LogP contribution >= 0.6 is 0 Å². The molecule has 168 valence electrons. The fourth-order valence-corrected chi connectivity index (χ4v) is 5.84. The van der Waals surface area contributed by atoms with E-state index in [1.165, 1.54) is 6.07 Å². The second-order valence-corrected chi connectivity index (χ2v) is 9.06. The smallest absolute Gasteiger partial charge is 0.227 e. The molecule has 3 aromatic rings. The van der Waals surface area contributed by atoms with E-state index in [-0.39, 0.29) is 35.5 Å². The van der Waals surface area contributed by atoms with Gasteiger partial charge in [-0.2, -0.15) is 0 Å². The van der Waals surface area contributed by atoms with Crippen molar-refractivity contribution in [2.24, 2.45) is 11.8 Å². The Morgan fingerprint density at radius 3 is 2.00 bits per heavy atom. The van der Waals surface area contributed by atoms with Gasteiger partial charge in [0.05, 0.1) is 6.42 Å². The van der Waals surface area contributed by atoms with Gasteiger partial charge >= 0.3 is 0 Å². The van der Waals surface area contributed by atoms with Crippen molar-refractivity contribution in [3.63, 3.8) is 0 Å². The van der Waals surface area contributed by atoms with Crippen molar-refractivity contribution in [2.75, 3.05) is 13.1 Å². The maximum atomic E-state index is 14.2. The first-order chi connectivity index (χ1) is 16.0. The van der Waals surface area contributed by atoms with E-state index in [2.05, 4.69) is 24.3 Å². The molecule has 0 spiro atoms. The highest BCUT2D eigenvalue weighted by Crippen LogP contribution is 2.52. The number of amides is 1. The van der Waals surface area contributed by atoms with Gasteiger partial charge in [0.1, 0.15) is 17.4 Å². The standard InChI is InChI=1S/C28H25F2NO2/c29-24-12-7-13-25(30)21(24)16-27(33)31-17-22-23(18-31)28(15-14-26(22)32,19-8-3-1-4-9-19)20-10-5-2-6-11-20/h1-13,22-23H,14-18H2. The van der Waals surface area contributed by atoms with Gasteiger partial charge < -0.3 is 4.90 Å². The molecule has 0 N–H and O–H groups in total. The van der Waals surface area contributed by atoms with Gasteiger partial charge in [-0.05, 0) is 29.7 Å². The number of Topliss-reactive ketones (excluding diaryl/α,β-unsaturated/α-hetero) is 1. The fraction of sp³-hybridized carbons (Fsp3) is 0.286. The largest absolute Gasteiger partial charge is 0.341 e. The molecule has 3 nitrogen and oxygen atoms in total. The summed E-state index contributed by atoms with van der Waals surface area (Å²) in [5.74, 6) is -2.03. The van der Waals surface area contributed by atoms with Crippen LogP contribution in [0.1, 0.15) is 29.5 Å². The molecule has 1 aliphatic carbocycles. The summed E-state index contributed by atoms with van der Waals surface area (Å²) in [4.78, 5) is 27.8. The van der Waals surface area contributed by atoms with Crippen molar-refractivity contribution in [1.29, 1.82) is 0 Å². The number of ketones is 1. The van der Waals surface area contributed by atoms with Crippen molar-refractivity contribution in [1.82, 2.24) is 4.90 Å². The third-order valence-electron chi connectivity index (χ3n) is 7.45. The number of hydrogen-bond donors (Lipinski definition) is 0. The number of carbonyl (C=O) groups is 2. The van der Waals surface area contributed by atoms with Crippen LogP contribution in [0.4, 0.5) is 8.78 Å². The number of fused-ring (bicyclic) bond motifs is 1. The van der Waals surface area contributed by atoms with Gasteiger partial charge in [-0.1, -0.05) is 66.7 Å². The lowest BCUT2D eigenvalue weighted by Crippen LogP contribution is -2.47. The van der Waals surface area contributed by atoms with Gasteiger partial charge in [0.15, 0.2) is 0 Å². The molecule has 5 heteroatoms. The highest BCUT2D eigenvalue weighted by Gasteiger charge is 2.55. The zero-order valence-corrected chi connectivity index (χ0v) is 18.2. The maximum absolute atomic E-state index is 14.2. The Hall–Kier alpha value is -3.34. The first kappa shape index (κ1) is 21.5. The molecule has 1 saturated heterocycles. The van der Waals surface area contributed by atoms with Crippen molar-refractivity contribution in [3.8, 4) is 0 Å². The number of nitrogens with zero attached hydrogens (tertiary/aromatic N) is 1. The maximum Gasteiger partial charge on any atom is 0.227 e. The molecule has 2 fully saturated rings. The molecule has 0 radical (unpaired) electrons. The number of rotatable bonds is 4. The predicted molar refractivity (Wildman–Crippen MR) is 122 cm³/mol. The van der Waals surface area contributed by atoms with Crippen LogP contribution < -0.4 is 0 Å². The Morgan fingerprint density at radius 2 is 1.42 bits per heavy atom. The molecule has 1 amide bonds. The van der Waals surface area contributed by atoms with Crippen LogP contribution in [0, 0.1) is 23.5 Å². The van der Waals surface area contributed by atoms with Gasteiger partial charge in [-0.3, -0.25) is 9.59 Å². The Kier molecular flexibility index (Phi) is 5.57. The minimum atomic E-state index is -0.723. The topological polar surface area (TPSA) is 37.4 Å². The highest BCUT2D eigenvalue weighted by atomic mass is 19.1. The third-order valence-corrected chi connectivity index (χ3v) is 7.45. The van der Waals surface area contributed by atoms with E-state index in [1.807, 2.05) is 36.4 Å². The minimum Gasteiger partial charge on any atom is -0.341 e. The Bertz CT molecular complexity index is 1120. The van der Waals surface area contributed by atoms with Crippen LogP contribution in [-0.4, -0.2) is 29.7 Å². The van der Waals surface area contributed by atoms with E-state index in [0.29, 0.717) is 25.9 Å². The summed E-state index contributed by atoms with van der Waals surface area (Å²) in [7, 11) is 0. The van der Waals surface area contributed by atoms with Crippen LogP contribution in [-0.2, 0) is 21.4 Å². The van der Waals surface area contributed by atoms with Gasteiger partial charge in [-0.15, -0.1) is 0 Å². The summed E-state index contributed by atoms with van der Waals surface area (Å²) in [5.41, 5.74) is 1.64. The van der Waals surface area contributed by atoms with Crippen molar-refractivity contribution < 1.29 is 18.4 Å². The van der Waals surface area contributed by atoms with Gasteiger partial charge in [0, 0.05) is 42.3 Å². The summed E-state index contributed by atoms with van der Waals surface area (Å²) >= 11 is 0. The molecule has 2 unspecified atom stereocenters. The molecule has 5 rings (SSSR count). The second kappa shape index (κ2) is 8.54. The van der Waals surface area contributed by atoms with Crippen molar-refractivity contribution >= 4 is 11.7 Å². The quantitative estimate of drug-likeness (QED) is 0.571. The van der Waals surface area contributed by atoms with Crippen molar-refractivity contribution in [3.05, 3.63) is 107 Å². The second-order valence-electron chi connectivity index (χ2n) is 9.06. The minimum absolute atomic E-state index is 0.0991. The third kappa shape index (κ3) is 3.65. The Morgan fingerprint density at radius 1 is 0.848 bits per heavy atom. The van der Waals surface area contributed by atoms with E-state index in [4.69, 9.17) is 0 Å². The lowest BCUT2D eigenvalue weighted by molar-refractivity contribution is -0.130. The predicted octanol–water partition coefficient (Wildman–Crippen LogP) is 4.93. The van der Waals surface area contributed by atoms with Gasteiger partial charge in [0.2, 0.25) is 5.91 Å². The number of likely N-dealkylation sites (tertiary alicyclic amines) is 1. The van der Waals surface area contributed by atoms with Crippen LogP contribution in [0.25, 0.3) is 0 Å². The molecular weight excluding hydrogens is 420 g/mol. The average molecular weight is 446 g/mol. The van der Waals surface area contributed by atoms with Crippen LogP contribution in [0.5, 0.6) is 0 Å². The number of halogens is 2. The number of benzene rings is 3. The first-order valence-corrected chi connectivity index (χ1v) is 11.3. The van der Waals surface area contributed by atoms with Crippen LogP contribution in [0.3, 0.4) is 0 Å². The molecule has 33 heavy (non-hydrogen) atoms. The van der Waals surface area contributed by atoms with Crippen LogP contribution in [0.2, 0.25) is 0 Å². The first-order valence-electron chi connectivity index (χ1n) is 11.3. The SMILES string of the molecule is O=C1CCC(c2ccccc2)(c2ccccc2)C2CN(C(=O)Cc3c(F)cccc3F)CC12. The van der Waals surface area contributed by atoms with Gasteiger partial charge in [0.25, 0.3) is 0 Å². The summed E-state index contributed by atoms with van der Waals surface area (Å²) in [5, 5.41) is 0. The highest BCUT2D eigenvalue weighted by molar-refractivity contribution is 5.86. The molecule has 2 atom stereocenters. The van der Waals surface area contributed by atoms with Crippen LogP contribution in [0.15, 0.2) is 78.9 Å². The van der Waals surface area contributed by atoms with E-state index in [9.17, 15) is 18.4 Å². The van der Waals surface area contributed by atoms with E-state index in [1.54, 1.807) is 4.90 Å². The molecule has 2 aliphatic rings. The zero-order chi connectivity index (χ0) is 23.0. The summed E-state index contributed by atoms with van der Waals surface area (Å²) in [6.45, 7) is 0.676. The van der Waals surface area contributed by atoms with Crippen molar-refractivity contribution in [2.45, 2.75) is 24.7 Å². The molecule has 1 saturated carbocycles. The normalized spacial score (nSPS) is 21.6. The average Bonchev–Trinajstić information content (AvgIpc) is 3.30. The molecule has 1 aliphatic heterocycles. The van der Waals surface area contributed by atoms with E-state index < -0.39 is 17.0 Å². The summed E-state index contributed by atoms with van der Waals surface area (Å²) in [6.07, 6.45) is 0.760. The fourth-order valence-electron chi connectivity index (χ4n) is 5.84. The molecule has 1 heterocycles. The lowest BCUT2D eigenvalue weighted by atomic mass is 9.56. The summed E-state index contributed by atoms with van der Waals surface area (Å²) < 4.78 is 28.3. The zero-order valence-electron chi connectivity index (χ0n) is 18.2. The van der Waals surface area contributed by atoms with E-state index >= 15 is 0 Å². The molecule has 0 aromatic heterocycles. The lowest BCUT2D eigenvalue weighted by Gasteiger charge is -2.45.